The van der Waals surface area contributed by atoms with Crippen LogP contribution in [0.2, 0.25) is 0 Å². The van der Waals surface area contributed by atoms with Crippen LogP contribution in [0.4, 0.5) is 10.1 Å². The minimum Gasteiger partial charge on any atom is -0.494 e. The third-order valence-corrected chi connectivity index (χ3v) is 4.30. The van der Waals surface area contributed by atoms with E-state index in [1.54, 1.807) is 12.1 Å². The van der Waals surface area contributed by atoms with Gasteiger partial charge in [0, 0.05) is 11.3 Å². The number of para-hydroxylation sites is 1. The van der Waals surface area contributed by atoms with Gasteiger partial charge >= 0.3 is 0 Å². The highest BCUT2D eigenvalue weighted by Crippen LogP contribution is 2.17. The Morgan fingerprint density at radius 2 is 1.89 bits per heavy atom. The Labute approximate surface area is 164 Å². The summed E-state index contributed by atoms with van der Waals surface area (Å²) in [6.45, 7) is 2.57. The molecule has 28 heavy (non-hydrogen) atoms. The van der Waals surface area contributed by atoms with Crippen LogP contribution in [-0.2, 0) is 22.6 Å². The Bertz CT molecular complexity index is 826. The van der Waals surface area contributed by atoms with Gasteiger partial charge in [0.1, 0.15) is 6.54 Å². The molecule has 3 N–H and O–H groups in total. The summed E-state index contributed by atoms with van der Waals surface area (Å²) in [5, 5.41) is 5.43. The van der Waals surface area contributed by atoms with Gasteiger partial charge in [-0.15, -0.1) is 0 Å². The van der Waals surface area contributed by atoms with Crippen molar-refractivity contribution < 1.29 is 23.6 Å². The standard InChI is InChI=1S/C21H26FN3O3/c1-4-16-7-5-6-8-18(16)24-20(26)12-23-21(27)14-25(2)13-15-9-10-19(28-3)17(22)11-15/h5-11H,4,12-14H2,1-3H3,(H,23,27)(H,24,26)/p+1. The SMILES string of the molecule is CCc1ccccc1NC(=O)CNC(=O)C[NH+](C)Cc1ccc(OC)c(F)c1. The number of rotatable bonds is 9. The molecule has 2 aromatic rings. The van der Waals surface area contributed by atoms with Crippen molar-refractivity contribution in [3.63, 3.8) is 0 Å². The Hall–Kier alpha value is -2.93. The number of ether oxygens (including phenoxy) is 1. The normalized spacial score (nSPS) is 11.6. The Morgan fingerprint density at radius 1 is 1.14 bits per heavy atom. The zero-order valence-corrected chi connectivity index (χ0v) is 16.5. The Kier molecular flexibility index (Phi) is 7.95. The van der Waals surface area contributed by atoms with Crippen molar-refractivity contribution in [2.45, 2.75) is 19.9 Å². The zero-order chi connectivity index (χ0) is 20.5. The second kappa shape index (κ2) is 10.4. The lowest BCUT2D eigenvalue weighted by Gasteiger charge is -2.15. The summed E-state index contributed by atoms with van der Waals surface area (Å²) in [5.74, 6) is -0.759. The summed E-state index contributed by atoms with van der Waals surface area (Å²) in [5.41, 5.74) is 2.56. The van der Waals surface area contributed by atoms with Gasteiger partial charge in [-0.2, -0.15) is 0 Å². The van der Waals surface area contributed by atoms with Gasteiger partial charge in [0.2, 0.25) is 5.91 Å². The molecule has 2 amide bonds. The van der Waals surface area contributed by atoms with Crippen LogP contribution >= 0.6 is 0 Å². The van der Waals surface area contributed by atoms with Gasteiger partial charge in [0.25, 0.3) is 5.91 Å². The number of aryl methyl sites for hydroxylation is 1. The molecule has 0 heterocycles. The number of carbonyl (C=O) groups is 2. The quantitative estimate of drug-likeness (QED) is 0.604. The molecule has 6 nitrogen and oxygen atoms in total. The second-order valence-corrected chi connectivity index (χ2v) is 6.62. The maximum Gasteiger partial charge on any atom is 0.275 e. The molecule has 0 radical (unpaired) electrons. The lowest BCUT2D eigenvalue weighted by molar-refractivity contribution is -0.885. The maximum atomic E-state index is 13.7. The van der Waals surface area contributed by atoms with Crippen molar-refractivity contribution in [2.24, 2.45) is 0 Å². The highest BCUT2D eigenvalue weighted by atomic mass is 19.1. The number of nitrogens with one attached hydrogen (secondary N) is 3. The number of hydrogen-bond acceptors (Lipinski definition) is 3. The van der Waals surface area contributed by atoms with Gasteiger partial charge in [0.05, 0.1) is 20.7 Å². The summed E-state index contributed by atoms with van der Waals surface area (Å²) >= 11 is 0. The summed E-state index contributed by atoms with van der Waals surface area (Å²) in [6.07, 6.45) is 0.808. The molecule has 7 heteroatoms. The molecule has 2 rings (SSSR count). The molecule has 0 aliphatic carbocycles. The molecule has 0 fully saturated rings. The number of likely N-dealkylation sites (N-methyl/N-ethyl adjacent to an activating group) is 1. The van der Waals surface area contributed by atoms with Crippen LogP contribution in [0.3, 0.4) is 0 Å². The first-order chi connectivity index (χ1) is 13.4. The third-order valence-electron chi connectivity index (χ3n) is 4.30. The van der Waals surface area contributed by atoms with Crippen molar-refractivity contribution in [2.75, 3.05) is 32.6 Å². The van der Waals surface area contributed by atoms with Gasteiger partial charge in [-0.3, -0.25) is 9.59 Å². The van der Waals surface area contributed by atoms with E-state index in [1.165, 1.54) is 13.2 Å². The molecule has 0 aliphatic rings. The first-order valence-corrected chi connectivity index (χ1v) is 9.21. The Morgan fingerprint density at radius 3 is 2.57 bits per heavy atom. The van der Waals surface area contributed by atoms with E-state index in [1.807, 2.05) is 38.2 Å². The summed E-state index contributed by atoms with van der Waals surface area (Å²) in [4.78, 5) is 25.0. The molecule has 2 aromatic carbocycles. The van der Waals surface area contributed by atoms with Crippen LogP contribution in [0.25, 0.3) is 0 Å². The van der Waals surface area contributed by atoms with E-state index in [4.69, 9.17) is 4.74 Å². The van der Waals surface area contributed by atoms with Crippen molar-refractivity contribution in [3.05, 3.63) is 59.4 Å². The van der Waals surface area contributed by atoms with E-state index < -0.39 is 5.82 Å². The molecular weight excluding hydrogens is 361 g/mol. The molecule has 150 valence electrons. The lowest BCUT2D eigenvalue weighted by Crippen LogP contribution is -3.08. The van der Waals surface area contributed by atoms with Crippen molar-refractivity contribution >= 4 is 17.5 Å². The summed E-state index contributed by atoms with van der Waals surface area (Å²) < 4.78 is 18.6. The minimum atomic E-state index is -0.429. The van der Waals surface area contributed by atoms with Crippen LogP contribution in [0.5, 0.6) is 5.75 Å². The number of anilines is 1. The molecular formula is C21H27FN3O3+. The second-order valence-electron chi connectivity index (χ2n) is 6.62. The Balaban J connectivity index is 1.78. The largest absolute Gasteiger partial charge is 0.494 e. The maximum absolute atomic E-state index is 13.7. The average molecular weight is 388 g/mol. The van der Waals surface area contributed by atoms with Gasteiger partial charge in [-0.05, 0) is 36.2 Å². The molecule has 0 aromatic heterocycles. The van der Waals surface area contributed by atoms with Crippen LogP contribution in [0, 0.1) is 5.82 Å². The molecule has 0 bridgehead atoms. The number of quaternary nitrogens is 1. The van der Waals surface area contributed by atoms with E-state index in [0.29, 0.717) is 6.54 Å². The van der Waals surface area contributed by atoms with Gasteiger partial charge in [0.15, 0.2) is 18.1 Å². The first kappa shape index (κ1) is 21.4. The number of methoxy groups -OCH3 is 1. The van der Waals surface area contributed by atoms with Gasteiger partial charge in [-0.1, -0.05) is 25.1 Å². The van der Waals surface area contributed by atoms with Crippen LogP contribution in [-0.4, -0.2) is 39.1 Å². The lowest BCUT2D eigenvalue weighted by atomic mass is 10.1. The number of benzene rings is 2. The fourth-order valence-corrected chi connectivity index (χ4v) is 2.89. The molecule has 1 atom stereocenters. The molecule has 0 saturated carbocycles. The van der Waals surface area contributed by atoms with Gasteiger partial charge in [-0.25, -0.2) is 4.39 Å². The van der Waals surface area contributed by atoms with Crippen molar-refractivity contribution in [1.82, 2.24) is 5.32 Å². The van der Waals surface area contributed by atoms with Crippen LogP contribution in [0.1, 0.15) is 18.1 Å². The van der Waals surface area contributed by atoms with E-state index in [2.05, 4.69) is 10.6 Å². The van der Waals surface area contributed by atoms with E-state index in [9.17, 15) is 14.0 Å². The molecule has 0 aliphatic heterocycles. The highest BCUT2D eigenvalue weighted by molar-refractivity contribution is 5.95. The fraction of sp³-hybridized carbons (Fsp3) is 0.333. The van der Waals surface area contributed by atoms with E-state index in [0.717, 1.165) is 28.1 Å². The van der Waals surface area contributed by atoms with Crippen molar-refractivity contribution in [3.8, 4) is 5.75 Å². The zero-order valence-electron chi connectivity index (χ0n) is 16.5. The molecule has 0 saturated heterocycles. The predicted molar refractivity (Wildman–Crippen MR) is 106 cm³/mol. The summed E-state index contributed by atoms with van der Waals surface area (Å²) in [6, 6.07) is 12.3. The predicted octanol–water partition coefficient (Wildman–Crippen LogP) is 1.17. The topological polar surface area (TPSA) is 71.9 Å². The number of halogens is 1. The fourth-order valence-electron chi connectivity index (χ4n) is 2.89. The van der Waals surface area contributed by atoms with E-state index >= 15 is 0 Å². The average Bonchev–Trinajstić information content (AvgIpc) is 2.67. The van der Waals surface area contributed by atoms with E-state index in [-0.39, 0.29) is 30.7 Å². The number of carbonyl (C=O) groups excluding carboxylic acids is 2. The van der Waals surface area contributed by atoms with Crippen LogP contribution < -0.4 is 20.3 Å². The minimum absolute atomic E-state index is 0.0959. The third kappa shape index (κ3) is 6.35. The summed E-state index contributed by atoms with van der Waals surface area (Å²) in [7, 11) is 3.25. The number of amides is 2. The van der Waals surface area contributed by atoms with Crippen LogP contribution in [0.15, 0.2) is 42.5 Å². The van der Waals surface area contributed by atoms with Crippen molar-refractivity contribution in [1.29, 1.82) is 0 Å². The smallest absolute Gasteiger partial charge is 0.275 e. The first-order valence-electron chi connectivity index (χ1n) is 9.21. The monoisotopic (exact) mass is 388 g/mol. The van der Waals surface area contributed by atoms with Gasteiger partial charge < -0.3 is 20.3 Å². The molecule has 1 unspecified atom stereocenters. The molecule has 0 spiro atoms. The number of hydrogen-bond donors (Lipinski definition) is 3. The highest BCUT2D eigenvalue weighted by Gasteiger charge is 2.14.